The minimum atomic E-state index is -4.72. The van der Waals surface area contributed by atoms with Gasteiger partial charge in [-0.1, -0.05) is 41.9 Å². The maximum atomic E-state index is 14.0. The van der Waals surface area contributed by atoms with E-state index in [1.54, 1.807) is 36.7 Å². The molecule has 200 valence electrons. The van der Waals surface area contributed by atoms with Crippen molar-refractivity contribution >= 4 is 28.8 Å². The molecule has 3 heterocycles. The van der Waals surface area contributed by atoms with Gasteiger partial charge in [-0.25, -0.2) is 9.50 Å². The Balaban J connectivity index is 1.49. The van der Waals surface area contributed by atoms with Crippen LogP contribution in [0, 0.1) is 27.7 Å². The number of nitrogens with zero attached hydrogens (tertiary/aromatic N) is 5. The molecule has 0 saturated heterocycles. The van der Waals surface area contributed by atoms with Gasteiger partial charge in [-0.05, 0) is 62.6 Å². The summed E-state index contributed by atoms with van der Waals surface area (Å²) >= 11 is 6.28. The second kappa shape index (κ2) is 9.85. The monoisotopic (exact) mass is 552 g/mol. The molecule has 1 amide bonds. The number of aromatic nitrogens is 5. The summed E-state index contributed by atoms with van der Waals surface area (Å²) in [5.41, 5.74) is 3.80. The fraction of sp³-hybridized carbons (Fsp3) is 0.214. The van der Waals surface area contributed by atoms with E-state index in [9.17, 15) is 18.0 Å². The zero-order valence-corrected chi connectivity index (χ0v) is 22.3. The van der Waals surface area contributed by atoms with Gasteiger partial charge in [0.25, 0.3) is 5.91 Å². The molecule has 0 aliphatic rings. The van der Waals surface area contributed by atoms with E-state index in [2.05, 4.69) is 20.5 Å². The summed E-state index contributed by atoms with van der Waals surface area (Å²) in [5, 5.41) is 11.8. The van der Waals surface area contributed by atoms with Crippen molar-refractivity contribution in [2.45, 2.75) is 40.4 Å². The predicted molar refractivity (Wildman–Crippen MR) is 143 cm³/mol. The molecule has 11 heteroatoms. The molecular formula is C28H24ClF3N6O. The minimum absolute atomic E-state index is 0.0916. The molecule has 3 aromatic heterocycles. The SMILES string of the molecule is Cc1ccc(-c2cc(C(F)(F)F)n3nc(C(=O)Nc4c(C)nn(Cc5ccccc5Cl)c4C)cc3n2)cc1C. The van der Waals surface area contributed by atoms with Crippen molar-refractivity contribution in [2.75, 3.05) is 5.32 Å². The summed E-state index contributed by atoms with van der Waals surface area (Å²) in [4.78, 5) is 17.5. The van der Waals surface area contributed by atoms with E-state index in [1.165, 1.54) is 6.07 Å². The number of aryl methyl sites for hydroxylation is 3. The maximum Gasteiger partial charge on any atom is 0.433 e. The highest BCUT2D eigenvalue weighted by atomic mass is 35.5. The first-order valence-corrected chi connectivity index (χ1v) is 12.4. The molecule has 0 radical (unpaired) electrons. The van der Waals surface area contributed by atoms with Crippen molar-refractivity contribution in [1.82, 2.24) is 24.4 Å². The third-order valence-corrected chi connectivity index (χ3v) is 7.02. The summed E-state index contributed by atoms with van der Waals surface area (Å²) in [5.74, 6) is -0.676. The molecule has 0 atom stereocenters. The van der Waals surface area contributed by atoms with Crippen LogP contribution < -0.4 is 5.32 Å². The Hall–Kier alpha value is -4.18. The second-order valence-electron chi connectivity index (χ2n) is 9.37. The Morgan fingerprint density at radius 3 is 2.41 bits per heavy atom. The number of alkyl halides is 3. The Kier molecular flexibility index (Phi) is 6.67. The number of nitrogens with one attached hydrogen (secondary N) is 1. The van der Waals surface area contributed by atoms with Crippen molar-refractivity contribution in [3.8, 4) is 11.3 Å². The first kappa shape index (κ1) is 26.4. The first-order chi connectivity index (χ1) is 18.4. The second-order valence-corrected chi connectivity index (χ2v) is 9.78. The number of benzene rings is 2. The van der Waals surface area contributed by atoms with Gasteiger partial charge in [-0.2, -0.15) is 23.4 Å². The number of anilines is 1. The number of carbonyl (C=O) groups is 1. The van der Waals surface area contributed by atoms with Crippen LogP contribution in [0.1, 0.15) is 44.3 Å². The van der Waals surface area contributed by atoms with Gasteiger partial charge in [0.1, 0.15) is 0 Å². The van der Waals surface area contributed by atoms with Gasteiger partial charge < -0.3 is 5.32 Å². The molecule has 0 fully saturated rings. The van der Waals surface area contributed by atoms with E-state index in [4.69, 9.17) is 11.6 Å². The molecule has 1 N–H and O–H groups in total. The highest BCUT2D eigenvalue weighted by Gasteiger charge is 2.36. The Labute approximate surface area is 227 Å². The highest BCUT2D eigenvalue weighted by Crippen LogP contribution is 2.33. The van der Waals surface area contributed by atoms with Crippen LogP contribution >= 0.6 is 11.6 Å². The zero-order valence-electron chi connectivity index (χ0n) is 21.6. The molecule has 0 spiro atoms. The van der Waals surface area contributed by atoms with Crippen molar-refractivity contribution < 1.29 is 18.0 Å². The van der Waals surface area contributed by atoms with Gasteiger partial charge in [-0.3, -0.25) is 9.48 Å². The maximum absolute atomic E-state index is 14.0. The van der Waals surface area contributed by atoms with Crippen LogP contribution in [0.2, 0.25) is 5.02 Å². The van der Waals surface area contributed by atoms with E-state index >= 15 is 0 Å². The number of halogens is 4. The Bertz CT molecular complexity index is 1740. The number of rotatable bonds is 5. The van der Waals surface area contributed by atoms with Crippen LogP contribution in [-0.2, 0) is 12.7 Å². The molecule has 5 rings (SSSR count). The van der Waals surface area contributed by atoms with Gasteiger partial charge in [0.05, 0.1) is 29.3 Å². The van der Waals surface area contributed by atoms with Crippen molar-refractivity contribution in [3.63, 3.8) is 0 Å². The minimum Gasteiger partial charge on any atom is -0.317 e. The summed E-state index contributed by atoms with van der Waals surface area (Å²) in [6, 6.07) is 14.9. The quantitative estimate of drug-likeness (QED) is 0.260. The van der Waals surface area contributed by atoms with Gasteiger partial charge in [0, 0.05) is 16.7 Å². The molecular weight excluding hydrogens is 529 g/mol. The third-order valence-electron chi connectivity index (χ3n) is 6.65. The standard InChI is InChI=1S/C28H24ClF3N6O/c1-15-9-10-19(11-16(15)2)22-12-24(28(30,31)32)38-25(33-22)13-23(36-38)27(39)34-26-17(3)35-37(18(26)4)14-20-7-5-6-8-21(20)29/h5-13H,14H2,1-4H3,(H,34,39). The van der Waals surface area contributed by atoms with E-state index < -0.39 is 17.8 Å². The first-order valence-electron chi connectivity index (χ1n) is 12.1. The van der Waals surface area contributed by atoms with Gasteiger partial charge in [0.15, 0.2) is 17.0 Å². The molecule has 0 bridgehead atoms. The lowest BCUT2D eigenvalue weighted by atomic mass is 10.0. The van der Waals surface area contributed by atoms with Crippen LogP contribution in [0.3, 0.4) is 0 Å². The summed E-state index contributed by atoms with van der Waals surface area (Å²) in [6.07, 6.45) is -4.72. The van der Waals surface area contributed by atoms with E-state index in [0.717, 1.165) is 22.8 Å². The molecule has 0 aliphatic carbocycles. The van der Waals surface area contributed by atoms with Crippen LogP contribution in [0.25, 0.3) is 16.9 Å². The number of hydrogen-bond donors (Lipinski definition) is 1. The molecule has 2 aromatic carbocycles. The lowest BCUT2D eigenvalue weighted by molar-refractivity contribution is -0.142. The summed E-state index contributed by atoms with van der Waals surface area (Å²) in [6.45, 7) is 7.70. The summed E-state index contributed by atoms with van der Waals surface area (Å²) < 4.78 is 44.4. The molecule has 0 unspecified atom stereocenters. The van der Waals surface area contributed by atoms with Gasteiger partial charge >= 0.3 is 6.18 Å². The lowest BCUT2D eigenvalue weighted by Crippen LogP contribution is -2.16. The molecule has 39 heavy (non-hydrogen) atoms. The fourth-order valence-corrected chi connectivity index (χ4v) is 4.53. The van der Waals surface area contributed by atoms with Crippen LogP contribution in [0.5, 0.6) is 0 Å². The van der Waals surface area contributed by atoms with Crippen molar-refractivity contribution in [1.29, 1.82) is 0 Å². The van der Waals surface area contributed by atoms with E-state index in [0.29, 0.717) is 38.7 Å². The van der Waals surface area contributed by atoms with E-state index in [1.807, 2.05) is 38.1 Å². The lowest BCUT2D eigenvalue weighted by Gasteiger charge is -2.11. The van der Waals surface area contributed by atoms with E-state index in [-0.39, 0.29) is 17.0 Å². The zero-order chi connectivity index (χ0) is 28.1. The molecule has 5 aromatic rings. The molecule has 0 aliphatic heterocycles. The van der Waals surface area contributed by atoms with Crippen LogP contribution in [0.15, 0.2) is 54.6 Å². The number of carbonyl (C=O) groups excluding carboxylic acids is 1. The van der Waals surface area contributed by atoms with Gasteiger partial charge in [-0.15, -0.1) is 0 Å². The Morgan fingerprint density at radius 1 is 0.974 bits per heavy atom. The average molecular weight is 553 g/mol. The Morgan fingerprint density at radius 2 is 1.72 bits per heavy atom. The third kappa shape index (κ3) is 5.12. The smallest absolute Gasteiger partial charge is 0.317 e. The average Bonchev–Trinajstić information content (AvgIpc) is 3.42. The predicted octanol–water partition coefficient (Wildman–Crippen LogP) is 6.80. The van der Waals surface area contributed by atoms with Crippen molar-refractivity contribution in [3.05, 3.63) is 99.1 Å². The number of amides is 1. The largest absolute Gasteiger partial charge is 0.433 e. The van der Waals surface area contributed by atoms with Gasteiger partial charge in [0.2, 0.25) is 0 Å². The topological polar surface area (TPSA) is 77.1 Å². The van der Waals surface area contributed by atoms with Crippen LogP contribution in [-0.4, -0.2) is 30.3 Å². The summed E-state index contributed by atoms with van der Waals surface area (Å²) in [7, 11) is 0. The molecule has 7 nitrogen and oxygen atoms in total. The number of fused-ring (bicyclic) bond motifs is 1. The number of hydrogen-bond acceptors (Lipinski definition) is 4. The highest BCUT2D eigenvalue weighted by molar-refractivity contribution is 6.31. The normalized spacial score (nSPS) is 11.8. The molecule has 0 saturated carbocycles. The fourth-order valence-electron chi connectivity index (χ4n) is 4.33. The van der Waals surface area contributed by atoms with Crippen molar-refractivity contribution in [2.24, 2.45) is 0 Å². The van der Waals surface area contributed by atoms with Crippen LogP contribution in [0.4, 0.5) is 18.9 Å².